The maximum Gasteiger partial charge on any atom is 0.350 e. The molecule has 0 unspecified atom stereocenters. The van der Waals surface area contributed by atoms with Crippen LogP contribution in [0.2, 0.25) is 0 Å². The summed E-state index contributed by atoms with van der Waals surface area (Å²) in [5.41, 5.74) is 1.39. The van der Waals surface area contributed by atoms with E-state index in [1.807, 2.05) is 25.1 Å². The summed E-state index contributed by atoms with van der Waals surface area (Å²) in [6.45, 7) is 1.84. The molecule has 32 heavy (non-hydrogen) atoms. The van der Waals surface area contributed by atoms with Crippen molar-refractivity contribution in [1.82, 2.24) is 0 Å². The lowest BCUT2D eigenvalue weighted by atomic mass is 10.1. The fraction of sp³-hybridized carbons (Fsp3) is 0.0417. The van der Waals surface area contributed by atoms with Crippen molar-refractivity contribution in [3.05, 3.63) is 105 Å². The largest absolute Gasteiger partial charge is 0.423 e. The third-order valence-electron chi connectivity index (χ3n) is 4.48. The first-order chi connectivity index (χ1) is 15.4. The van der Waals surface area contributed by atoms with Crippen LogP contribution in [-0.2, 0) is 4.79 Å². The van der Waals surface area contributed by atoms with Crippen molar-refractivity contribution in [1.29, 1.82) is 5.26 Å². The molecule has 0 aliphatic carbocycles. The molecule has 3 aromatic carbocycles. The quantitative estimate of drug-likeness (QED) is 0.152. The first-order valence-corrected chi connectivity index (χ1v) is 9.43. The van der Waals surface area contributed by atoms with E-state index in [0.29, 0.717) is 11.3 Å². The number of nitriles is 1. The van der Waals surface area contributed by atoms with Gasteiger partial charge in [0.15, 0.2) is 0 Å². The molecule has 8 nitrogen and oxygen atoms in total. The smallest absolute Gasteiger partial charge is 0.350 e. The number of rotatable bonds is 6. The Hall–Kier alpha value is -4.77. The van der Waals surface area contributed by atoms with Crippen molar-refractivity contribution in [3.8, 4) is 11.8 Å². The number of nitrogens with one attached hydrogen (secondary N) is 1. The Morgan fingerprint density at radius 2 is 1.69 bits per heavy atom. The Balaban J connectivity index is 1.73. The molecule has 158 valence electrons. The second-order valence-electron chi connectivity index (χ2n) is 6.67. The number of para-hydroxylation sites is 2. The lowest BCUT2D eigenvalue weighted by Gasteiger charge is -2.07. The number of benzene rings is 3. The van der Waals surface area contributed by atoms with Crippen LogP contribution < -0.4 is 10.1 Å². The maximum atomic E-state index is 12.4. The van der Waals surface area contributed by atoms with Crippen molar-refractivity contribution in [3.63, 3.8) is 0 Å². The normalized spacial score (nSPS) is 10.7. The highest BCUT2D eigenvalue weighted by molar-refractivity contribution is 6.10. The molecular weight excluding hydrogens is 410 g/mol. The van der Waals surface area contributed by atoms with E-state index in [0.717, 1.165) is 5.56 Å². The molecule has 0 heterocycles. The second kappa shape index (κ2) is 9.82. The molecule has 3 rings (SSSR count). The van der Waals surface area contributed by atoms with E-state index in [9.17, 15) is 25.0 Å². The van der Waals surface area contributed by atoms with Gasteiger partial charge in [-0.25, -0.2) is 4.79 Å². The van der Waals surface area contributed by atoms with Crippen LogP contribution in [-0.4, -0.2) is 16.8 Å². The third-order valence-corrected chi connectivity index (χ3v) is 4.48. The van der Waals surface area contributed by atoms with Crippen LogP contribution in [0.4, 0.5) is 11.4 Å². The van der Waals surface area contributed by atoms with E-state index in [2.05, 4.69) is 5.32 Å². The Bertz CT molecular complexity index is 1260. The molecule has 0 spiro atoms. The summed E-state index contributed by atoms with van der Waals surface area (Å²) in [6, 6.07) is 20.6. The number of carbonyl (C=O) groups is 2. The number of hydrogen-bond donors (Lipinski definition) is 1. The Morgan fingerprint density at radius 3 is 2.34 bits per heavy atom. The van der Waals surface area contributed by atoms with Gasteiger partial charge in [-0.05, 0) is 48.4 Å². The summed E-state index contributed by atoms with van der Waals surface area (Å²) in [6.07, 6.45) is 1.40. The number of hydrogen-bond acceptors (Lipinski definition) is 6. The number of carbonyl (C=O) groups excluding carboxylic acids is 2. The highest BCUT2D eigenvalue weighted by Gasteiger charge is 2.21. The van der Waals surface area contributed by atoms with Gasteiger partial charge >= 0.3 is 5.97 Å². The summed E-state index contributed by atoms with van der Waals surface area (Å²) in [7, 11) is 0. The van der Waals surface area contributed by atoms with Crippen LogP contribution >= 0.6 is 0 Å². The number of nitrogens with zero attached hydrogens (tertiary/aromatic N) is 2. The maximum absolute atomic E-state index is 12.4. The summed E-state index contributed by atoms with van der Waals surface area (Å²) < 4.78 is 5.21. The second-order valence-corrected chi connectivity index (χ2v) is 6.67. The van der Waals surface area contributed by atoms with Gasteiger partial charge < -0.3 is 10.1 Å². The highest BCUT2D eigenvalue weighted by Crippen LogP contribution is 2.22. The number of anilines is 1. The molecule has 0 saturated heterocycles. The molecule has 8 heteroatoms. The Labute approximate surface area is 183 Å². The SMILES string of the molecule is Cc1ccccc1NC(=O)/C(C#N)=C/c1ccc(OC(=O)c2ccccc2[N+](=O)[O-])cc1. The predicted molar refractivity (Wildman–Crippen MR) is 118 cm³/mol. The molecule has 0 atom stereocenters. The van der Waals surface area contributed by atoms with Crippen LogP contribution in [0.3, 0.4) is 0 Å². The molecule has 0 fully saturated rings. The van der Waals surface area contributed by atoms with Crippen LogP contribution in [0, 0.1) is 28.4 Å². The Kier molecular flexibility index (Phi) is 6.73. The van der Waals surface area contributed by atoms with E-state index in [4.69, 9.17) is 4.74 Å². The molecule has 0 bridgehead atoms. The average molecular weight is 427 g/mol. The highest BCUT2D eigenvalue weighted by atomic mass is 16.6. The zero-order valence-corrected chi connectivity index (χ0v) is 16.9. The number of nitro groups is 1. The first kappa shape index (κ1) is 21.9. The van der Waals surface area contributed by atoms with Gasteiger partial charge in [0.2, 0.25) is 0 Å². The summed E-state index contributed by atoms with van der Waals surface area (Å²) >= 11 is 0. The van der Waals surface area contributed by atoms with E-state index in [1.54, 1.807) is 24.3 Å². The number of nitro benzene ring substituents is 1. The van der Waals surface area contributed by atoms with E-state index < -0.39 is 16.8 Å². The fourth-order valence-corrected chi connectivity index (χ4v) is 2.82. The van der Waals surface area contributed by atoms with Gasteiger partial charge in [0.25, 0.3) is 11.6 Å². The van der Waals surface area contributed by atoms with Crippen molar-refractivity contribution >= 4 is 29.3 Å². The molecule has 0 aromatic heterocycles. The zero-order chi connectivity index (χ0) is 23.1. The number of aryl methyl sites for hydroxylation is 1. The van der Waals surface area contributed by atoms with Crippen LogP contribution in [0.1, 0.15) is 21.5 Å². The number of esters is 1. The zero-order valence-electron chi connectivity index (χ0n) is 16.9. The molecule has 1 amide bonds. The van der Waals surface area contributed by atoms with Gasteiger partial charge in [-0.15, -0.1) is 0 Å². The standard InChI is InChI=1S/C24H17N3O5/c1-16-6-2-4-8-21(16)26-23(28)18(15-25)14-17-10-12-19(13-11-17)32-24(29)20-7-3-5-9-22(20)27(30)31/h2-14H,1H3,(H,26,28)/b18-14+. The summed E-state index contributed by atoms with van der Waals surface area (Å²) in [5, 5.41) is 23.1. The van der Waals surface area contributed by atoms with Gasteiger partial charge in [0.05, 0.1) is 4.92 Å². The fourth-order valence-electron chi connectivity index (χ4n) is 2.82. The number of amides is 1. The topological polar surface area (TPSA) is 122 Å². The van der Waals surface area contributed by atoms with Gasteiger partial charge in [-0.3, -0.25) is 14.9 Å². The molecule has 0 saturated carbocycles. The molecular formula is C24H17N3O5. The molecule has 3 aromatic rings. The lowest BCUT2D eigenvalue weighted by molar-refractivity contribution is -0.385. The lowest BCUT2D eigenvalue weighted by Crippen LogP contribution is -2.14. The van der Waals surface area contributed by atoms with Crippen LogP contribution in [0.15, 0.2) is 78.4 Å². The first-order valence-electron chi connectivity index (χ1n) is 9.43. The Morgan fingerprint density at radius 1 is 1.03 bits per heavy atom. The van der Waals surface area contributed by atoms with Crippen molar-refractivity contribution < 1.29 is 19.2 Å². The van der Waals surface area contributed by atoms with Gasteiger partial charge in [-0.1, -0.05) is 42.5 Å². The van der Waals surface area contributed by atoms with Crippen molar-refractivity contribution in [2.24, 2.45) is 0 Å². The van der Waals surface area contributed by atoms with Crippen molar-refractivity contribution in [2.45, 2.75) is 6.92 Å². The average Bonchev–Trinajstić information content (AvgIpc) is 2.80. The molecule has 1 N–H and O–H groups in total. The number of ether oxygens (including phenoxy) is 1. The minimum absolute atomic E-state index is 0.0992. The monoisotopic (exact) mass is 427 g/mol. The van der Waals surface area contributed by atoms with E-state index >= 15 is 0 Å². The van der Waals surface area contributed by atoms with Gasteiger partial charge in [0, 0.05) is 11.8 Å². The molecule has 0 aliphatic rings. The summed E-state index contributed by atoms with van der Waals surface area (Å²) in [4.78, 5) is 35.2. The van der Waals surface area contributed by atoms with E-state index in [1.165, 1.54) is 42.5 Å². The van der Waals surface area contributed by atoms with Gasteiger partial charge in [0.1, 0.15) is 23.0 Å². The minimum Gasteiger partial charge on any atom is -0.423 e. The van der Waals surface area contributed by atoms with E-state index in [-0.39, 0.29) is 22.6 Å². The minimum atomic E-state index is -0.865. The van der Waals surface area contributed by atoms with Gasteiger partial charge in [-0.2, -0.15) is 5.26 Å². The predicted octanol–water partition coefficient (Wildman–Crippen LogP) is 4.67. The van der Waals surface area contributed by atoms with Crippen molar-refractivity contribution in [2.75, 3.05) is 5.32 Å². The van der Waals surface area contributed by atoms with Crippen LogP contribution in [0.5, 0.6) is 5.75 Å². The van der Waals surface area contributed by atoms with Crippen LogP contribution in [0.25, 0.3) is 6.08 Å². The molecule has 0 radical (unpaired) electrons. The summed E-state index contributed by atoms with van der Waals surface area (Å²) in [5.74, 6) is -1.25. The third kappa shape index (κ3) is 5.23. The molecule has 0 aliphatic heterocycles.